The van der Waals surface area contributed by atoms with E-state index in [0.717, 1.165) is 22.0 Å². The van der Waals surface area contributed by atoms with Crippen LogP contribution >= 0.6 is 11.3 Å². The number of hydrogen-bond donors (Lipinski definition) is 2. The Morgan fingerprint density at radius 1 is 0.920 bits per heavy atom. The number of carbonyl (C=O) groups is 2. The predicted molar refractivity (Wildman–Crippen MR) is 193 cm³/mol. The van der Waals surface area contributed by atoms with E-state index in [1.807, 2.05) is 84.4 Å². The first-order chi connectivity index (χ1) is 24.3. The lowest BCUT2D eigenvalue weighted by atomic mass is 9.95. The molecule has 7 rings (SSSR count). The minimum atomic E-state index is -0.746. The number of anilines is 2. The third-order valence-corrected chi connectivity index (χ3v) is 9.34. The molecule has 0 fully saturated rings. The summed E-state index contributed by atoms with van der Waals surface area (Å²) < 4.78 is 22.8. The Hall–Kier alpha value is -6.07. The van der Waals surface area contributed by atoms with E-state index in [2.05, 4.69) is 10.6 Å². The molecule has 0 saturated carbocycles. The average molecular weight is 686 g/mol. The summed E-state index contributed by atoms with van der Waals surface area (Å²) in [4.78, 5) is 46.5. The molecule has 2 amide bonds. The maximum Gasteiger partial charge on any atom is 0.271 e. The van der Waals surface area contributed by atoms with Gasteiger partial charge in [-0.25, -0.2) is 9.38 Å². The van der Waals surface area contributed by atoms with Gasteiger partial charge in [-0.15, -0.1) is 0 Å². The van der Waals surface area contributed by atoms with Crippen LogP contribution in [0.1, 0.15) is 31.0 Å². The van der Waals surface area contributed by atoms with Crippen LogP contribution in [0, 0.1) is 5.82 Å². The predicted octanol–water partition coefficient (Wildman–Crippen LogP) is 6.01. The van der Waals surface area contributed by atoms with Gasteiger partial charge in [0.05, 0.1) is 28.5 Å². The third kappa shape index (κ3) is 6.50. The average Bonchev–Trinajstić information content (AvgIpc) is 3.61. The van der Waals surface area contributed by atoms with E-state index < -0.39 is 6.04 Å². The van der Waals surface area contributed by atoms with Crippen molar-refractivity contribution in [3.63, 3.8) is 0 Å². The molecule has 11 heteroatoms. The molecule has 0 saturated heterocycles. The largest absolute Gasteiger partial charge is 0.494 e. The van der Waals surface area contributed by atoms with Crippen molar-refractivity contribution in [2.45, 2.75) is 26.4 Å². The number of benzene rings is 4. The van der Waals surface area contributed by atoms with Crippen molar-refractivity contribution in [1.82, 2.24) is 9.13 Å². The van der Waals surface area contributed by atoms with Crippen molar-refractivity contribution in [3.8, 4) is 5.75 Å². The highest BCUT2D eigenvalue weighted by Gasteiger charge is 2.32. The van der Waals surface area contributed by atoms with E-state index in [1.165, 1.54) is 35.6 Å². The summed E-state index contributed by atoms with van der Waals surface area (Å²) in [5.41, 5.74) is 3.98. The van der Waals surface area contributed by atoms with Crippen molar-refractivity contribution in [1.29, 1.82) is 0 Å². The zero-order valence-electron chi connectivity index (χ0n) is 27.2. The van der Waals surface area contributed by atoms with Gasteiger partial charge >= 0.3 is 0 Å². The second-order valence-corrected chi connectivity index (χ2v) is 12.7. The lowest BCUT2D eigenvalue weighted by Crippen LogP contribution is -2.40. The molecule has 50 heavy (non-hydrogen) atoms. The Labute approximate surface area is 290 Å². The van der Waals surface area contributed by atoms with Crippen LogP contribution in [-0.4, -0.2) is 27.6 Å². The SMILES string of the molecule is CCOc1ccc([C@H]2C(C(=O)Nc3ccccc3)=C(C)N=c3s/c(=C\c4cn(CC(=O)Nc5ccc(F)cc5)c5ccccc45)c(=O)n32)cc1. The topological polar surface area (TPSA) is 107 Å². The first kappa shape index (κ1) is 32.5. The van der Waals surface area contributed by atoms with Crippen LogP contribution in [-0.2, 0) is 16.1 Å². The highest BCUT2D eigenvalue weighted by molar-refractivity contribution is 7.07. The summed E-state index contributed by atoms with van der Waals surface area (Å²) >= 11 is 1.24. The van der Waals surface area contributed by atoms with Gasteiger partial charge in [-0.2, -0.15) is 0 Å². The Balaban J connectivity index is 1.29. The number of hydrogen-bond acceptors (Lipinski definition) is 6. The maximum atomic E-state index is 14.4. The highest BCUT2D eigenvalue weighted by atomic mass is 32.1. The van der Waals surface area contributed by atoms with Crippen molar-refractivity contribution in [2.75, 3.05) is 17.2 Å². The van der Waals surface area contributed by atoms with Crippen LogP contribution in [0.25, 0.3) is 17.0 Å². The van der Waals surface area contributed by atoms with E-state index in [-0.39, 0.29) is 29.7 Å². The van der Waals surface area contributed by atoms with Gasteiger partial charge in [0.1, 0.15) is 18.1 Å². The second-order valence-electron chi connectivity index (χ2n) is 11.7. The number of thiazole rings is 1. The molecule has 1 aliphatic heterocycles. The summed E-state index contributed by atoms with van der Waals surface area (Å²) in [7, 11) is 0. The van der Waals surface area contributed by atoms with Gasteiger partial charge in [0.25, 0.3) is 11.5 Å². The van der Waals surface area contributed by atoms with Crippen LogP contribution in [0.5, 0.6) is 5.75 Å². The highest BCUT2D eigenvalue weighted by Crippen LogP contribution is 2.32. The number of aromatic nitrogens is 2. The maximum absolute atomic E-state index is 14.4. The molecule has 2 aromatic heterocycles. The van der Waals surface area contributed by atoms with Gasteiger partial charge in [-0.1, -0.05) is 59.9 Å². The summed E-state index contributed by atoms with van der Waals surface area (Å²) in [6.45, 7) is 4.20. The molecular formula is C39H32FN5O4S. The van der Waals surface area contributed by atoms with Gasteiger partial charge in [0, 0.05) is 34.0 Å². The van der Waals surface area contributed by atoms with Gasteiger partial charge in [-0.05, 0) is 80.1 Å². The van der Waals surface area contributed by atoms with Crippen molar-refractivity contribution in [2.24, 2.45) is 4.99 Å². The van der Waals surface area contributed by atoms with E-state index in [0.29, 0.717) is 44.3 Å². The number of fused-ring (bicyclic) bond motifs is 2. The summed E-state index contributed by atoms with van der Waals surface area (Å²) in [6, 6.07) is 29.0. The van der Waals surface area contributed by atoms with Crippen LogP contribution in [0.3, 0.4) is 0 Å². The lowest BCUT2D eigenvalue weighted by Gasteiger charge is -2.25. The van der Waals surface area contributed by atoms with Gasteiger partial charge in [0.15, 0.2) is 4.80 Å². The normalized spacial score (nSPS) is 14.3. The molecule has 1 atom stereocenters. The zero-order chi connectivity index (χ0) is 34.8. The minimum Gasteiger partial charge on any atom is -0.494 e. The Morgan fingerprint density at radius 2 is 1.62 bits per heavy atom. The molecule has 0 radical (unpaired) electrons. The molecule has 6 aromatic rings. The molecule has 0 spiro atoms. The quantitative estimate of drug-likeness (QED) is 0.195. The fourth-order valence-corrected chi connectivity index (χ4v) is 7.15. The van der Waals surface area contributed by atoms with Crippen molar-refractivity contribution in [3.05, 3.63) is 157 Å². The third-order valence-electron chi connectivity index (χ3n) is 8.35. The minimum absolute atomic E-state index is 0.00377. The number of rotatable bonds is 9. The Kier molecular flexibility index (Phi) is 8.97. The first-order valence-corrected chi connectivity index (χ1v) is 16.9. The fourth-order valence-electron chi connectivity index (χ4n) is 6.11. The molecular weight excluding hydrogens is 654 g/mol. The van der Waals surface area contributed by atoms with E-state index in [9.17, 15) is 18.8 Å². The Bertz CT molecular complexity index is 2450. The standard InChI is InChI=1S/C39H32FN5O4S/c1-3-49-30-19-13-25(14-20-30)36-35(37(47)43-28-9-5-4-6-10-28)24(2)41-39-45(36)38(48)33(50-39)21-26-22-44(32-12-8-7-11-31(26)32)23-34(46)42-29-17-15-27(40)16-18-29/h4-22,36H,3,23H2,1-2H3,(H,42,46)(H,43,47)/b33-21-/t36-/m0/s1. The van der Waals surface area contributed by atoms with Crippen LogP contribution in [0.4, 0.5) is 15.8 Å². The molecule has 4 aromatic carbocycles. The van der Waals surface area contributed by atoms with Crippen LogP contribution in [0.2, 0.25) is 0 Å². The van der Waals surface area contributed by atoms with Gasteiger partial charge < -0.3 is 19.9 Å². The number of nitrogens with one attached hydrogen (secondary N) is 2. The van der Waals surface area contributed by atoms with Crippen LogP contribution < -0.4 is 30.3 Å². The van der Waals surface area contributed by atoms with E-state index in [1.54, 1.807) is 29.7 Å². The molecule has 250 valence electrons. The van der Waals surface area contributed by atoms with E-state index in [4.69, 9.17) is 9.73 Å². The van der Waals surface area contributed by atoms with E-state index >= 15 is 0 Å². The number of para-hydroxylation sites is 2. The molecule has 1 aliphatic rings. The molecule has 9 nitrogen and oxygen atoms in total. The monoisotopic (exact) mass is 685 g/mol. The summed E-state index contributed by atoms with van der Waals surface area (Å²) in [5, 5.41) is 6.63. The van der Waals surface area contributed by atoms with Crippen molar-refractivity contribution >= 4 is 51.5 Å². The lowest BCUT2D eigenvalue weighted by molar-refractivity contribution is -0.116. The number of ether oxygens (including phenoxy) is 1. The smallest absolute Gasteiger partial charge is 0.271 e. The van der Waals surface area contributed by atoms with Crippen molar-refractivity contribution < 1.29 is 18.7 Å². The second kappa shape index (κ2) is 13.8. The van der Waals surface area contributed by atoms with Crippen LogP contribution in [0.15, 0.2) is 130 Å². The van der Waals surface area contributed by atoms with Gasteiger partial charge in [-0.3, -0.25) is 19.0 Å². The van der Waals surface area contributed by atoms with Gasteiger partial charge in [0.2, 0.25) is 5.91 Å². The Morgan fingerprint density at radius 3 is 2.36 bits per heavy atom. The number of amides is 2. The molecule has 0 aliphatic carbocycles. The molecule has 2 N–H and O–H groups in total. The summed E-state index contributed by atoms with van der Waals surface area (Å²) in [5.74, 6) is -0.340. The number of allylic oxidation sites excluding steroid dienone is 1. The first-order valence-electron chi connectivity index (χ1n) is 16.0. The fraction of sp³-hybridized carbons (Fsp3) is 0.128. The molecule has 0 bridgehead atoms. The molecule has 0 unspecified atom stereocenters. The number of nitrogens with zero attached hydrogens (tertiary/aromatic N) is 3. The zero-order valence-corrected chi connectivity index (χ0v) is 28.0. The molecule has 3 heterocycles. The summed E-state index contributed by atoms with van der Waals surface area (Å²) in [6.07, 6.45) is 3.64. The number of carbonyl (C=O) groups excluding carboxylic acids is 2. The number of halogens is 1.